The number of carbonyl (C=O) groups is 2. The Kier molecular flexibility index (Phi) is 6.55. The number of halogens is 1. The summed E-state index contributed by atoms with van der Waals surface area (Å²) in [7, 11) is 0. The van der Waals surface area contributed by atoms with Crippen molar-refractivity contribution < 1.29 is 24.2 Å². The predicted molar refractivity (Wildman–Crippen MR) is 102 cm³/mol. The van der Waals surface area contributed by atoms with Gasteiger partial charge in [0.05, 0.1) is 6.54 Å². The van der Waals surface area contributed by atoms with Crippen LogP contribution in [0.3, 0.4) is 0 Å². The summed E-state index contributed by atoms with van der Waals surface area (Å²) >= 11 is 3.46. The monoisotopic (exact) mass is 427 g/mol. The van der Waals surface area contributed by atoms with Crippen LogP contribution in [0.5, 0.6) is 5.75 Å². The molecule has 6 nitrogen and oxygen atoms in total. The van der Waals surface area contributed by atoms with Crippen LogP contribution in [0.2, 0.25) is 0 Å². The standard InChI is InChI=1S/C19H26BrNO5/c1-5-6-12-9-13(20)7-8-16(12)25-14-10-15(17(22)23)21(11-14)18(24)26-19(2,3)4/h7-9,14-15H,5-6,10-11H2,1-4H3,(H,22,23)/t14-,15+/m1/s1. The summed E-state index contributed by atoms with van der Waals surface area (Å²) in [5.41, 5.74) is 0.378. The number of carboxylic acids is 1. The third kappa shape index (κ3) is 5.37. The third-order valence-corrected chi connectivity index (χ3v) is 4.50. The van der Waals surface area contributed by atoms with Crippen molar-refractivity contribution in [2.24, 2.45) is 0 Å². The van der Waals surface area contributed by atoms with E-state index < -0.39 is 23.7 Å². The van der Waals surface area contributed by atoms with E-state index in [0.717, 1.165) is 28.6 Å². The van der Waals surface area contributed by atoms with Gasteiger partial charge in [0.2, 0.25) is 0 Å². The number of nitrogens with zero attached hydrogens (tertiary/aromatic N) is 1. The molecule has 2 atom stereocenters. The second-order valence-electron chi connectivity index (χ2n) is 7.46. The van der Waals surface area contributed by atoms with Gasteiger partial charge in [-0.05, 0) is 51.0 Å². The fourth-order valence-corrected chi connectivity index (χ4v) is 3.36. The molecule has 1 aliphatic rings. The van der Waals surface area contributed by atoms with Crippen LogP contribution < -0.4 is 4.74 Å². The summed E-state index contributed by atoms with van der Waals surface area (Å²) in [6.07, 6.45) is 1.05. The predicted octanol–water partition coefficient (Wildman–Crippen LogP) is 4.24. The van der Waals surface area contributed by atoms with Gasteiger partial charge in [-0.2, -0.15) is 0 Å². The second-order valence-corrected chi connectivity index (χ2v) is 8.38. The zero-order chi connectivity index (χ0) is 19.5. The highest BCUT2D eigenvalue weighted by molar-refractivity contribution is 9.10. The molecule has 0 bridgehead atoms. The van der Waals surface area contributed by atoms with Crippen molar-refractivity contribution in [2.45, 2.75) is 64.7 Å². The average Bonchev–Trinajstić information content (AvgIpc) is 2.93. The molecule has 1 N–H and O–H groups in total. The summed E-state index contributed by atoms with van der Waals surface area (Å²) in [6, 6.07) is 4.83. The quantitative estimate of drug-likeness (QED) is 0.759. The molecule has 7 heteroatoms. The van der Waals surface area contributed by atoms with Gasteiger partial charge in [0.15, 0.2) is 0 Å². The lowest BCUT2D eigenvalue weighted by atomic mass is 10.1. The van der Waals surface area contributed by atoms with E-state index in [9.17, 15) is 14.7 Å². The highest BCUT2D eigenvalue weighted by Gasteiger charge is 2.42. The molecule has 0 saturated carbocycles. The van der Waals surface area contributed by atoms with Crippen molar-refractivity contribution in [3.05, 3.63) is 28.2 Å². The second kappa shape index (κ2) is 8.29. The van der Waals surface area contributed by atoms with E-state index in [2.05, 4.69) is 22.9 Å². The summed E-state index contributed by atoms with van der Waals surface area (Å²) in [6.45, 7) is 7.54. The maximum atomic E-state index is 12.4. The minimum atomic E-state index is -1.05. The van der Waals surface area contributed by atoms with Gasteiger partial charge in [0.1, 0.15) is 23.5 Å². The van der Waals surface area contributed by atoms with Gasteiger partial charge in [-0.25, -0.2) is 9.59 Å². The summed E-state index contributed by atoms with van der Waals surface area (Å²) in [4.78, 5) is 25.2. The lowest BCUT2D eigenvalue weighted by Gasteiger charge is -2.26. The number of aryl methyl sites for hydroxylation is 1. The highest BCUT2D eigenvalue weighted by atomic mass is 79.9. The van der Waals surface area contributed by atoms with Crippen LogP contribution in [0.4, 0.5) is 4.79 Å². The Labute approximate surface area is 162 Å². The Morgan fingerprint density at radius 1 is 1.35 bits per heavy atom. The van der Waals surface area contributed by atoms with Crippen LogP contribution in [-0.2, 0) is 16.0 Å². The number of amides is 1. The van der Waals surface area contributed by atoms with Crippen LogP contribution >= 0.6 is 15.9 Å². The van der Waals surface area contributed by atoms with Crippen LogP contribution in [0.25, 0.3) is 0 Å². The minimum Gasteiger partial charge on any atom is -0.488 e. The number of benzene rings is 1. The van der Waals surface area contributed by atoms with Crippen molar-refractivity contribution in [3.8, 4) is 5.75 Å². The number of hydrogen-bond acceptors (Lipinski definition) is 4. The molecular weight excluding hydrogens is 402 g/mol. The summed E-state index contributed by atoms with van der Waals surface area (Å²) in [5, 5.41) is 9.48. The largest absolute Gasteiger partial charge is 0.488 e. The van der Waals surface area contributed by atoms with Gasteiger partial charge in [-0.1, -0.05) is 29.3 Å². The number of carboxylic acid groups (broad SMARTS) is 1. The molecule has 26 heavy (non-hydrogen) atoms. The molecule has 0 unspecified atom stereocenters. The molecule has 144 valence electrons. The topological polar surface area (TPSA) is 76.1 Å². The number of aliphatic carboxylic acids is 1. The molecule has 1 heterocycles. The number of carbonyl (C=O) groups excluding carboxylic acids is 1. The number of likely N-dealkylation sites (tertiary alicyclic amines) is 1. The van der Waals surface area contributed by atoms with Gasteiger partial charge in [-0.15, -0.1) is 0 Å². The summed E-state index contributed by atoms with van der Waals surface area (Å²) < 4.78 is 12.4. The Balaban J connectivity index is 2.15. The van der Waals surface area contributed by atoms with Gasteiger partial charge in [0, 0.05) is 10.9 Å². The molecular formula is C19H26BrNO5. The molecule has 0 aliphatic carbocycles. The van der Waals surface area contributed by atoms with Gasteiger partial charge in [-0.3, -0.25) is 4.90 Å². The Morgan fingerprint density at radius 2 is 2.04 bits per heavy atom. The Hall–Kier alpha value is -1.76. The lowest BCUT2D eigenvalue weighted by Crippen LogP contribution is -2.43. The van der Waals surface area contributed by atoms with Gasteiger partial charge in [0.25, 0.3) is 0 Å². The van der Waals surface area contributed by atoms with Crippen molar-refractivity contribution in [1.82, 2.24) is 4.90 Å². The number of rotatable bonds is 5. The molecule has 1 amide bonds. The molecule has 1 saturated heterocycles. The molecule has 0 radical (unpaired) electrons. The van der Waals surface area contributed by atoms with E-state index in [1.807, 2.05) is 18.2 Å². The molecule has 1 fully saturated rings. The molecule has 1 aromatic rings. The Bertz CT molecular complexity index is 670. The SMILES string of the molecule is CCCc1cc(Br)ccc1O[C@@H]1C[C@@H](C(=O)O)N(C(=O)OC(C)(C)C)C1. The normalized spacial score (nSPS) is 20.1. The molecule has 1 aliphatic heterocycles. The molecule has 2 rings (SSSR count). The third-order valence-electron chi connectivity index (χ3n) is 4.01. The van der Waals surface area contributed by atoms with Gasteiger partial charge >= 0.3 is 12.1 Å². The van der Waals surface area contributed by atoms with E-state index in [-0.39, 0.29) is 19.1 Å². The summed E-state index contributed by atoms with van der Waals surface area (Å²) in [5.74, 6) is -0.318. The first kappa shape index (κ1) is 20.6. The van der Waals surface area contributed by atoms with Crippen LogP contribution in [0, 0.1) is 0 Å². The number of hydrogen-bond donors (Lipinski definition) is 1. The first-order valence-electron chi connectivity index (χ1n) is 8.78. The first-order chi connectivity index (χ1) is 12.1. The zero-order valence-electron chi connectivity index (χ0n) is 15.6. The van der Waals surface area contributed by atoms with Crippen molar-refractivity contribution >= 4 is 28.0 Å². The highest BCUT2D eigenvalue weighted by Crippen LogP contribution is 2.29. The van der Waals surface area contributed by atoms with E-state index in [0.29, 0.717) is 0 Å². The zero-order valence-corrected chi connectivity index (χ0v) is 17.2. The first-order valence-corrected chi connectivity index (χ1v) is 9.57. The average molecular weight is 428 g/mol. The maximum absolute atomic E-state index is 12.4. The molecule has 1 aromatic carbocycles. The molecule has 0 aromatic heterocycles. The number of ether oxygens (including phenoxy) is 2. The fraction of sp³-hybridized carbons (Fsp3) is 0.579. The fourth-order valence-electron chi connectivity index (χ4n) is 2.95. The van der Waals surface area contributed by atoms with E-state index >= 15 is 0 Å². The van der Waals surface area contributed by atoms with E-state index in [1.54, 1.807) is 20.8 Å². The van der Waals surface area contributed by atoms with Gasteiger partial charge < -0.3 is 14.6 Å². The van der Waals surface area contributed by atoms with Crippen molar-refractivity contribution in [3.63, 3.8) is 0 Å². The van der Waals surface area contributed by atoms with E-state index in [4.69, 9.17) is 9.47 Å². The van der Waals surface area contributed by atoms with Crippen LogP contribution in [0.15, 0.2) is 22.7 Å². The minimum absolute atomic E-state index is 0.188. The van der Waals surface area contributed by atoms with Crippen molar-refractivity contribution in [2.75, 3.05) is 6.54 Å². The lowest BCUT2D eigenvalue weighted by molar-refractivity contribution is -0.142. The maximum Gasteiger partial charge on any atom is 0.411 e. The Morgan fingerprint density at radius 3 is 2.62 bits per heavy atom. The smallest absolute Gasteiger partial charge is 0.411 e. The van der Waals surface area contributed by atoms with E-state index in [1.165, 1.54) is 4.90 Å². The molecule has 0 spiro atoms. The van der Waals surface area contributed by atoms with Crippen LogP contribution in [0.1, 0.15) is 46.1 Å². The van der Waals surface area contributed by atoms with Crippen LogP contribution in [-0.4, -0.2) is 46.4 Å². The van der Waals surface area contributed by atoms with Crippen molar-refractivity contribution in [1.29, 1.82) is 0 Å².